The molecule has 0 aliphatic heterocycles. The van der Waals surface area contributed by atoms with Crippen LogP contribution in [0.25, 0.3) is 0 Å². The molecule has 2 aromatic rings. The highest BCUT2D eigenvalue weighted by molar-refractivity contribution is 7.13. The summed E-state index contributed by atoms with van der Waals surface area (Å²) in [7, 11) is 0. The van der Waals surface area contributed by atoms with Crippen LogP contribution >= 0.6 is 22.9 Å². The number of aryl methyl sites for hydroxylation is 1. The maximum Gasteiger partial charge on any atom is 0.417 e. The van der Waals surface area contributed by atoms with Crippen molar-refractivity contribution in [1.82, 2.24) is 14.9 Å². The smallest absolute Gasteiger partial charge is 0.375 e. The van der Waals surface area contributed by atoms with Gasteiger partial charge in [0.15, 0.2) is 5.13 Å². The van der Waals surface area contributed by atoms with E-state index in [-0.39, 0.29) is 6.54 Å². The lowest BCUT2D eigenvalue weighted by atomic mass is 10.2. The first-order valence-electron chi connectivity index (χ1n) is 7.10. The van der Waals surface area contributed by atoms with E-state index in [1.54, 1.807) is 5.38 Å². The predicted octanol–water partition coefficient (Wildman–Crippen LogP) is 2.31. The van der Waals surface area contributed by atoms with E-state index >= 15 is 0 Å². The molecule has 0 spiro atoms. The molecule has 3 N–H and O–H groups in total. The second-order valence-corrected chi connectivity index (χ2v) is 6.43. The fourth-order valence-corrected chi connectivity index (χ4v) is 2.84. The van der Waals surface area contributed by atoms with E-state index < -0.39 is 34.8 Å². The summed E-state index contributed by atoms with van der Waals surface area (Å²) in [6, 6.07) is 0.540. The minimum atomic E-state index is -4.66. The number of amides is 1. The van der Waals surface area contributed by atoms with Crippen molar-refractivity contribution in [3.05, 3.63) is 44.3 Å². The zero-order chi connectivity index (χ0) is 18.6. The topological polar surface area (TPSA) is 90.0 Å². The molecule has 2 aromatic heterocycles. The van der Waals surface area contributed by atoms with Crippen molar-refractivity contribution in [2.45, 2.75) is 25.6 Å². The molecule has 0 aliphatic rings. The van der Waals surface area contributed by atoms with E-state index in [1.807, 2.05) is 0 Å². The fourth-order valence-electron chi connectivity index (χ4n) is 2.02. The number of alkyl halides is 3. The predicted molar refractivity (Wildman–Crippen MR) is 88.6 cm³/mol. The first-order valence-corrected chi connectivity index (χ1v) is 8.36. The van der Waals surface area contributed by atoms with Gasteiger partial charge in [-0.1, -0.05) is 11.6 Å². The van der Waals surface area contributed by atoms with Crippen LogP contribution in [0.5, 0.6) is 0 Å². The van der Waals surface area contributed by atoms with Crippen molar-refractivity contribution in [3.8, 4) is 0 Å². The van der Waals surface area contributed by atoms with E-state index in [1.165, 1.54) is 11.3 Å². The number of aromatic nitrogens is 2. The number of nitrogens with one attached hydrogen (secondary N) is 1. The molecule has 136 valence electrons. The molecule has 0 unspecified atom stereocenters. The lowest BCUT2D eigenvalue weighted by molar-refractivity contribution is -0.138. The van der Waals surface area contributed by atoms with Gasteiger partial charge < -0.3 is 15.6 Å². The summed E-state index contributed by atoms with van der Waals surface area (Å²) < 4.78 is 38.9. The Morgan fingerprint density at radius 2 is 2.16 bits per heavy atom. The van der Waals surface area contributed by atoms with E-state index in [9.17, 15) is 22.8 Å². The SMILES string of the molecule is Nc1nc(CCCNC(=O)Cn2cc(C(F)(F)F)cc(Cl)c2=O)cs1. The van der Waals surface area contributed by atoms with Crippen LogP contribution in [0.15, 0.2) is 22.4 Å². The van der Waals surface area contributed by atoms with E-state index in [2.05, 4.69) is 10.3 Å². The van der Waals surface area contributed by atoms with E-state index in [0.717, 1.165) is 5.69 Å². The molecule has 0 saturated heterocycles. The quantitative estimate of drug-likeness (QED) is 0.736. The Labute approximate surface area is 149 Å². The second-order valence-electron chi connectivity index (χ2n) is 5.14. The summed E-state index contributed by atoms with van der Waals surface area (Å²) in [6.07, 6.45) is -2.91. The monoisotopic (exact) mass is 394 g/mol. The lowest BCUT2D eigenvalue weighted by Gasteiger charge is -2.12. The van der Waals surface area contributed by atoms with Gasteiger partial charge >= 0.3 is 6.18 Å². The highest BCUT2D eigenvalue weighted by Crippen LogP contribution is 2.29. The number of carbonyl (C=O) groups excluding carboxylic acids is 1. The number of anilines is 1. The van der Waals surface area contributed by atoms with Crippen LogP contribution in [0.1, 0.15) is 17.7 Å². The Morgan fingerprint density at radius 3 is 2.76 bits per heavy atom. The van der Waals surface area contributed by atoms with Crippen molar-refractivity contribution in [3.63, 3.8) is 0 Å². The van der Waals surface area contributed by atoms with E-state index in [4.69, 9.17) is 17.3 Å². The maximum absolute atomic E-state index is 12.7. The number of carbonyl (C=O) groups is 1. The highest BCUT2D eigenvalue weighted by atomic mass is 35.5. The van der Waals surface area contributed by atoms with Gasteiger partial charge in [-0.25, -0.2) is 4.98 Å². The molecular formula is C14H14ClF3N4O2S. The molecular weight excluding hydrogens is 381 g/mol. The number of nitrogens with zero attached hydrogens (tertiary/aromatic N) is 2. The molecule has 0 fully saturated rings. The van der Waals surface area contributed by atoms with Gasteiger partial charge in [-0.2, -0.15) is 13.2 Å². The maximum atomic E-state index is 12.7. The van der Waals surface area contributed by atoms with Gasteiger partial charge in [0.2, 0.25) is 5.91 Å². The van der Waals surface area contributed by atoms with Crippen molar-refractivity contribution < 1.29 is 18.0 Å². The molecule has 0 aromatic carbocycles. The number of rotatable bonds is 6. The van der Waals surface area contributed by atoms with Crippen molar-refractivity contribution in [1.29, 1.82) is 0 Å². The van der Waals surface area contributed by atoms with Gasteiger partial charge in [0.05, 0.1) is 11.3 Å². The Hall–Kier alpha value is -2.07. The molecule has 25 heavy (non-hydrogen) atoms. The van der Waals surface area contributed by atoms with Gasteiger partial charge in [-0.15, -0.1) is 11.3 Å². The van der Waals surface area contributed by atoms with Crippen LogP contribution in [0.2, 0.25) is 5.02 Å². The Kier molecular flexibility index (Phi) is 6.07. The van der Waals surface area contributed by atoms with Crippen LogP contribution in [-0.2, 0) is 23.9 Å². The normalized spacial score (nSPS) is 11.5. The Balaban J connectivity index is 1.91. The molecule has 0 aliphatic carbocycles. The third-order valence-corrected chi connectivity index (χ3v) is 4.18. The molecule has 0 radical (unpaired) electrons. The molecule has 2 rings (SSSR count). The van der Waals surface area contributed by atoms with Gasteiger partial charge in [0.1, 0.15) is 11.6 Å². The molecule has 0 saturated carbocycles. The zero-order valence-corrected chi connectivity index (χ0v) is 14.3. The van der Waals surface area contributed by atoms with Crippen LogP contribution < -0.4 is 16.6 Å². The van der Waals surface area contributed by atoms with Gasteiger partial charge in [-0.3, -0.25) is 9.59 Å². The van der Waals surface area contributed by atoms with E-state index in [0.29, 0.717) is 34.8 Å². The molecule has 11 heteroatoms. The van der Waals surface area contributed by atoms with Crippen molar-refractivity contribution in [2.75, 3.05) is 12.3 Å². The molecule has 2 heterocycles. The molecule has 0 bridgehead atoms. The van der Waals surface area contributed by atoms with Crippen molar-refractivity contribution in [2.24, 2.45) is 0 Å². The Morgan fingerprint density at radius 1 is 1.44 bits per heavy atom. The number of pyridine rings is 1. The summed E-state index contributed by atoms with van der Waals surface area (Å²) in [4.78, 5) is 27.7. The minimum absolute atomic E-state index is 0.289. The van der Waals surface area contributed by atoms with Crippen molar-refractivity contribution >= 4 is 34.0 Å². The highest BCUT2D eigenvalue weighted by Gasteiger charge is 2.32. The standard InChI is InChI=1S/C14H14ClF3N4O2S/c15-10-4-8(14(16,17)18)5-22(12(10)24)6-11(23)20-3-1-2-9-7-25-13(19)21-9/h4-5,7H,1-3,6H2,(H2,19,21)(H,20,23). The number of halogens is 4. The van der Waals surface area contributed by atoms with Crippen LogP contribution in [0.3, 0.4) is 0 Å². The summed E-state index contributed by atoms with van der Waals surface area (Å²) in [5.74, 6) is -0.588. The van der Waals surface area contributed by atoms with Crippen LogP contribution in [0.4, 0.5) is 18.3 Å². The van der Waals surface area contributed by atoms with Crippen LogP contribution in [-0.4, -0.2) is 22.0 Å². The number of nitrogen functional groups attached to an aromatic ring is 1. The summed E-state index contributed by atoms with van der Waals surface area (Å²) in [5.41, 5.74) is 4.35. The number of thiazole rings is 1. The summed E-state index contributed by atoms with van der Waals surface area (Å²) >= 11 is 6.84. The Bertz CT molecular complexity index is 819. The van der Waals surface area contributed by atoms with Gasteiger partial charge in [0.25, 0.3) is 5.56 Å². The summed E-state index contributed by atoms with van der Waals surface area (Å²) in [6.45, 7) is -0.260. The lowest BCUT2D eigenvalue weighted by Crippen LogP contribution is -2.33. The second kappa shape index (κ2) is 7.87. The number of hydrogen-bond acceptors (Lipinski definition) is 5. The van der Waals surface area contributed by atoms with Gasteiger partial charge in [0, 0.05) is 18.1 Å². The minimum Gasteiger partial charge on any atom is -0.375 e. The average Bonchev–Trinajstić information content (AvgIpc) is 2.92. The largest absolute Gasteiger partial charge is 0.417 e. The number of hydrogen-bond donors (Lipinski definition) is 2. The fraction of sp³-hybridized carbons (Fsp3) is 0.357. The summed E-state index contributed by atoms with van der Waals surface area (Å²) in [5, 5.41) is 4.21. The first-order chi connectivity index (χ1) is 11.7. The molecule has 6 nitrogen and oxygen atoms in total. The first kappa shape index (κ1) is 19.3. The molecule has 0 atom stereocenters. The van der Waals surface area contributed by atoms with Crippen LogP contribution in [0, 0.1) is 0 Å². The third-order valence-electron chi connectivity index (χ3n) is 3.18. The molecule has 1 amide bonds. The number of nitrogens with two attached hydrogens (primary N) is 1. The average molecular weight is 395 g/mol. The van der Waals surface area contributed by atoms with Gasteiger partial charge in [-0.05, 0) is 18.9 Å². The zero-order valence-electron chi connectivity index (χ0n) is 12.8. The third kappa shape index (κ3) is 5.46.